The number of H-pyrrole nitrogens is 4. The summed E-state index contributed by atoms with van der Waals surface area (Å²) in [7, 11) is -17.8. The molecule has 4 aromatic carbocycles. The fraction of sp³-hybridized carbons (Fsp3) is 0.444. The molecule has 52 heteroatoms. The molecule has 16 atom stereocenters. The zero-order chi connectivity index (χ0) is 95.6. The Balaban J connectivity index is 0.000000148. The summed E-state index contributed by atoms with van der Waals surface area (Å²) in [5.74, 6) is -11.5. The molecule has 8 aliphatic heterocycles. The van der Waals surface area contributed by atoms with Crippen LogP contribution in [0.4, 0.5) is 17.6 Å². The van der Waals surface area contributed by atoms with Crippen LogP contribution in [0.25, 0.3) is 0 Å². The molecule has 0 spiro atoms. The van der Waals surface area contributed by atoms with Crippen molar-refractivity contribution in [3.8, 4) is 23.0 Å². The average Bonchev–Trinajstić information content (AvgIpc) is 1.56. The van der Waals surface area contributed by atoms with Gasteiger partial charge >= 0.3 is 54.0 Å². The number of aryl methyl sites for hydroxylation is 8. The minimum atomic E-state index is -4.74. The Bertz CT molecular complexity index is 6630. The predicted octanol–water partition coefficient (Wildman–Crippen LogP) is 9.95. The van der Waals surface area contributed by atoms with Crippen molar-refractivity contribution in [3.63, 3.8) is 0 Å². The van der Waals surface area contributed by atoms with Crippen LogP contribution in [0.2, 0.25) is 20.1 Å². The van der Waals surface area contributed by atoms with E-state index in [0.29, 0.717) is 65.8 Å². The Morgan fingerprint density at radius 2 is 0.637 bits per heavy atom. The third-order valence-corrected chi connectivity index (χ3v) is 24.8. The lowest BCUT2D eigenvalue weighted by atomic mass is 10.1. The van der Waals surface area contributed by atoms with E-state index in [4.69, 9.17) is 128 Å². The molecule has 4 fully saturated rings. The third kappa shape index (κ3) is 20.9. The molecule has 124 heavy (non-hydrogen) atoms. The maximum absolute atomic E-state index is 15.7. The van der Waals surface area contributed by atoms with E-state index in [1.54, 1.807) is 63.0 Å². The Morgan fingerprint density at radius 1 is 0.395 bits per heavy atom. The van der Waals surface area contributed by atoms with Gasteiger partial charge in [0.25, 0.3) is 22.2 Å². The van der Waals surface area contributed by atoms with Gasteiger partial charge in [-0.15, -0.1) is 0 Å². The monoisotopic (exact) mass is 1910 g/mol. The molecule has 0 bridgehead atoms. The third-order valence-electron chi connectivity index (χ3n) is 18.8. The molecule has 40 nitrogen and oxygen atoms in total. The van der Waals surface area contributed by atoms with Crippen LogP contribution < -0.4 is 63.1 Å². The van der Waals surface area contributed by atoms with Crippen molar-refractivity contribution in [3.05, 3.63) is 244 Å². The molecule has 16 rings (SSSR count). The van der Waals surface area contributed by atoms with Crippen LogP contribution in [0.3, 0.4) is 0 Å². The zero-order valence-corrected chi connectivity index (χ0v) is 71.9. The van der Waals surface area contributed by atoms with Gasteiger partial charge in [-0.1, -0.05) is 117 Å². The maximum atomic E-state index is 15.7. The molecule has 0 amide bonds. The summed E-state index contributed by atoms with van der Waals surface area (Å²) >= 11 is 22.7. The molecular formula is C72H76Cl4F4N8O32P4. The van der Waals surface area contributed by atoms with Crippen LogP contribution in [-0.2, 0) is 99.8 Å². The Hall–Kier alpha value is -8.04. The lowest BCUT2D eigenvalue weighted by molar-refractivity contribution is -0.179. The summed E-state index contributed by atoms with van der Waals surface area (Å²) in [6.45, 7) is 4.64. The standard InChI is InChI=1S/4C18H19ClFN2O8P/c4*1-9-3-10(2)14-11(4-9)7-27-31(26,30-14)28-8-18(20)5-13(23)16(29-18)22-6-12(19)15(24)21-17(22)25/h4*3-4,6,13,16,23H,5,7-8H2,1-2H3,(H,21,24,25)/t4*13-,16-,18+,31?/m1111/s1/i8D2,16D;16D;8D2;. The SMILES string of the molecule is Cc1cc(C)c2c(c1)COP(=O)(OC[C@]1(F)C[C@@H](O)[C@H](n3cc(Cl)c(=O)[nH]c3=O)O1)O2.[2H]C([2H])(OP1(=O)OCc2cc(C)cc(C)c2O1)[C@]1(F)C[C@@H](O)[C@H](n2cc(Cl)c(=O)[nH]c2=O)O1.[2H]C([2H])(OP1(=O)OCc2cc(C)cc(C)c2O1)[C@]1(F)C[C@@H](O)[C@]([2H])(n2cc(Cl)c(=O)[nH]c2=O)O1.[2H][C@@]1(n2cc(Cl)c(=O)[nH]c2=O)O[C@](F)(COP2(=O)OCc3cc(C)cc(C)c3O2)C[C@H]1O. The summed E-state index contributed by atoms with van der Waals surface area (Å²) < 4.78 is 247. The van der Waals surface area contributed by atoms with E-state index in [-0.39, 0.29) is 47.5 Å². The molecular weight excluding hydrogens is 1830 g/mol. The van der Waals surface area contributed by atoms with Crippen LogP contribution in [-0.4, -0.2) is 133 Å². The first-order valence-electron chi connectivity index (χ1n) is 39.3. The number of nitrogens with zero attached hydrogens (tertiary/aromatic N) is 4. The maximum Gasteiger partial charge on any atom is 0.530 e. The number of aromatic nitrogens is 8. The van der Waals surface area contributed by atoms with Gasteiger partial charge in [-0.25, -0.2) is 55.0 Å². The summed E-state index contributed by atoms with van der Waals surface area (Å²) in [4.78, 5) is 101. The molecule has 672 valence electrons. The molecule has 0 radical (unpaired) electrons. The highest BCUT2D eigenvalue weighted by molar-refractivity contribution is 7.49. The van der Waals surface area contributed by atoms with Crippen molar-refractivity contribution in [2.75, 3.05) is 26.3 Å². The molecule has 0 saturated carbocycles. The van der Waals surface area contributed by atoms with Gasteiger partial charge < -0.3 is 57.5 Å². The second-order valence-electron chi connectivity index (χ2n) is 29.1. The number of benzene rings is 4. The summed E-state index contributed by atoms with van der Waals surface area (Å²) in [6, 6.07) is 14.1. The molecule has 8 aliphatic rings. The minimum Gasteiger partial charge on any atom is -0.403 e. The molecule has 4 unspecified atom stereocenters. The van der Waals surface area contributed by atoms with Crippen LogP contribution in [0.5, 0.6) is 23.0 Å². The number of fused-ring (bicyclic) bond motifs is 4. The van der Waals surface area contributed by atoms with Gasteiger partial charge in [0.15, 0.2) is 24.9 Å². The molecule has 8 aromatic rings. The number of aromatic amines is 4. The highest BCUT2D eigenvalue weighted by atomic mass is 35.5. The number of aliphatic hydroxyl groups is 4. The van der Waals surface area contributed by atoms with Crippen molar-refractivity contribution < 1.29 is 138 Å². The first-order valence-corrected chi connectivity index (χ1v) is 43.7. The van der Waals surface area contributed by atoms with Crippen molar-refractivity contribution >= 4 is 77.7 Å². The minimum absolute atomic E-state index is 0.0498. The number of phosphoric acid groups is 4. The highest BCUT2D eigenvalue weighted by Gasteiger charge is 2.55. The van der Waals surface area contributed by atoms with Crippen molar-refractivity contribution in [2.45, 2.75) is 180 Å². The summed E-state index contributed by atoms with van der Waals surface area (Å²) in [6.07, 6.45) is -16.6. The normalized spacial score (nSPS) is 32.2. The van der Waals surface area contributed by atoms with E-state index in [2.05, 4.69) is 0 Å². The molecule has 4 saturated heterocycles. The topological polar surface area (TPSA) is 516 Å². The van der Waals surface area contributed by atoms with Crippen molar-refractivity contribution in [1.29, 1.82) is 0 Å². The predicted molar refractivity (Wildman–Crippen MR) is 423 cm³/mol. The Kier molecular flexibility index (Phi) is 24.7. The van der Waals surface area contributed by atoms with Crippen LogP contribution in [0.15, 0.2) is 112 Å². The number of aliphatic hydroxyl groups excluding tert-OH is 4. The van der Waals surface area contributed by atoms with Gasteiger partial charge in [0.2, 0.25) is 23.4 Å². The molecule has 4 aromatic heterocycles. The van der Waals surface area contributed by atoms with Crippen molar-refractivity contribution in [1.82, 2.24) is 38.2 Å². The number of halogens is 8. The van der Waals surface area contributed by atoms with Crippen LogP contribution in [0, 0.1) is 55.4 Å². The van der Waals surface area contributed by atoms with Crippen LogP contribution >= 0.6 is 77.7 Å². The number of alkyl halides is 4. The average molecular weight is 1910 g/mol. The molecule has 0 aliphatic carbocycles. The molecule has 12 heterocycles. The van der Waals surface area contributed by atoms with Gasteiger partial charge in [0.1, 0.15) is 93.8 Å². The second-order valence-corrected chi connectivity index (χ2v) is 36.9. The number of hydrogen-bond donors (Lipinski definition) is 8. The first kappa shape index (κ1) is 85.4. The van der Waals surface area contributed by atoms with Gasteiger partial charge in [-0.3, -0.25) is 93.6 Å². The van der Waals surface area contributed by atoms with Crippen molar-refractivity contribution in [2.24, 2.45) is 0 Å². The van der Waals surface area contributed by atoms with E-state index >= 15 is 17.6 Å². The van der Waals surface area contributed by atoms with E-state index in [0.717, 1.165) is 51.0 Å². The lowest BCUT2D eigenvalue weighted by Gasteiger charge is -2.28. The quantitative estimate of drug-likeness (QED) is 0.0329. The largest absolute Gasteiger partial charge is 0.530 e. The summed E-state index contributed by atoms with van der Waals surface area (Å²) in [5.41, 5.74) is 0.560. The van der Waals surface area contributed by atoms with Gasteiger partial charge in [-0.2, -0.15) is 0 Å². The summed E-state index contributed by atoms with van der Waals surface area (Å²) in [5, 5.41) is 39.3. The number of phosphoric ester groups is 4. The van der Waals surface area contributed by atoms with Gasteiger partial charge in [0.05, 0.1) is 34.7 Å². The fourth-order valence-corrected chi connectivity index (χ4v) is 19.1. The van der Waals surface area contributed by atoms with E-state index < -0.39 is 216 Å². The van der Waals surface area contributed by atoms with Gasteiger partial charge in [0, 0.05) is 72.7 Å². The van der Waals surface area contributed by atoms with Gasteiger partial charge in [-0.05, 0) is 77.6 Å². The zero-order valence-electron chi connectivity index (χ0n) is 71.3. The Morgan fingerprint density at radius 3 is 0.960 bits per heavy atom. The number of ether oxygens (including phenoxy) is 4. The Labute approximate surface area is 723 Å². The van der Waals surface area contributed by atoms with Crippen LogP contribution in [0.1, 0.15) is 126 Å². The smallest absolute Gasteiger partial charge is 0.403 e. The van der Waals surface area contributed by atoms with E-state index in [1.807, 2.05) is 60.8 Å². The molecule has 8 N–H and O–H groups in total. The number of nitrogens with one attached hydrogen (secondary N) is 4. The van der Waals surface area contributed by atoms with E-state index in [9.17, 15) is 77.0 Å². The second kappa shape index (κ2) is 35.9. The first-order chi connectivity index (χ1) is 60.1. The fourth-order valence-electron chi connectivity index (χ4n) is 13.5. The lowest BCUT2D eigenvalue weighted by Crippen LogP contribution is -2.36. The number of hydrogen-bond acceptors (Lipinski definition) is 32. The van der Waals surface area contributed by atoms with E-state index in [1.165, 1.54) is 0 Å². The highest BCUT2D eigenvalue weighted by Crippen LogP contribution is 2.61. The number of rotatable bonds is 16.